The molecule has 7 heteroatoms. The van der Waals surface area contributed by atoms with Gasteiger partial charge in [0.2, 0.25) is 10.0 Å². The Morgan fingerprint density at radius 2 is 2.10 bits per heavy atom. The number of sulfonamides is 1. The Labute approximate surface area is 118 Å². The molecule has 6 nitrogen and oxygen atoms in total. The van der Waals surface area contributed by atoms with E-state index in [4.69, 9.17) is 9.84 Å². The first-order chi connectivity index (χ1) is 9.31. The van der Waals surface area contributed by atoms with E-state index >= 15 is 0 Å². The van der Waals surface area contributed by atoms with Gasteiger partial charge in [-0.3, -0.25) is 4.79 Å². The summed E-state index contributed by atoms with van der Waals surface area (Å²) in [7, 11) is -2.47. The highest BCUT2D eigenvalue weighted by atomic mass is 32.2. The van der Waals surface area contributed by atoms with Crippen molar-refractivity contribution in [2.45, 2.75) is 31.2 Å². The highest BCUT2D eigenvalue weighted by Gasteiger charge is 2.29. The molecule has 2 atom stereocenters. The lowest BCUT2D eigenvalue weighted by atomic mass is 10.0. The minimum Gasteiger partial charge on any atom is -0.497 e. The number of rotatable bonds is 7. The maximum atomic E-state index is 12.2. The summed E-state index contributed by atoms with van der Waals surface area (Å²) in [5.41, 5.74) is 0. The van der Waals surface area contributed by atoms with Gasteiger partial charge in [0, 0.05) is 6.07 Å². The second kappa shape index (κ2) is 6.71. The van der Waals surface area contributed by atoms with Crippen LogP contribution < -0.4 is 9.46 Å². The van der Waals surface area contributed by atoms with E-state index in [1.165, 1.54) is 25.3 Å². The normalized spacial score (nSPS) is 14.6. The number of carboxylic acid groups (broad SMARTS) is 1. The molecule has 0 fully saturated rings. The van der Waals surface area contributed by atoms with Gasteiger partial charge in [0.25, 0.3) is 0 Å². The zero-order chi connectivity index (χ0) is 15.3. The Bertz CT molecular complexity index is 570. The number of aliphatic carboxylic acids is 1. The van der Waals surface area contributed by atoms with Crippen LogP contribution in [-0.4, -0.2) is 32.6 Å². The number of hydrogen-bond donors (Lipinski definition) is 2. The molecule has 1 aromatic carbocycles. The van der Waals surface area contributed by atoms with E-state index in [0.29, 0.717) is 12.2 Å². The van der Waals surface area contributed by atoms with Gasteiger partial charge in [0.1, 0.15) is 11.8 Å². The Hall–Kier alpha value is -1.60. The second-order valence-corrected chi connectivity index (χ2v) is 6.22. The number of ether oxygens (including phenoxy) is 1. The molecule has 0 heterocycles. The fourth-order valence-corrected chi connectivity index (χ4v) is 2.98. The molecule has 0 aromatic heterocycles. The van der Waals surface area contributed by atoms with Gasteiger partial charge in [-0.2, -0.15) is 4.72 Å². The van der Waals surface area contributed by atoms with E-state index in [1.807, 2.05) is 0 Å². The molecule has 0 saturated carbocycles. The van der Waals surface area contributed by atoms with Crippen LogP contribution in [-0.2, 0) is 14.8 Å². The van der Waals surface area contributed by atoms with E-state index in [0.717, 1.165) is 0 Å². The molecule has 0 spiro atoms. The summed E-state index contributed by atoms with van der Waals surface area (Å²) in [6, 6.07) is 4.73. The molecule has 0 amide bonds. The number of hydrogen-bond acceptors (Lipinski definition) is 4. The largest absolute Gasteiger partial charge is 0.497 e. The van der Waals surface area contributed by atoms with E-state index in [2.05, 4.69) is 4.72 Å². The Morgan fingerprint density at radius 1 is 1.45 bits per heavy atom. The van der Waals surface area contributed by atoms with Crippen molar-refractivity contribution in [3.8, 4) is 5.75 Å². The smallest absolute Gasteiger partial charge is 0.322 e. The van der Waals surface area contributed by atoms with Gasteiger partial charge in [-0.05, 0) is 18.1 Å². The summed E-state index contributed by atoms with van der Waals surface area (Å²) in [6.07, 6.45) is 0.553. The minimum absolute atomic E-state index is 0.0218. The number of benzene rings is 1. The third-order valence-electron chi connectivity index (χ3n) is 3.11. The predicted molar refractivity (Wildman–Crippen MR) is 74.2 cm³/mol. The molecule has 0 unspecified atom stereocenters. The van der Waals surface area contributed by atoms with Crippen LogP contribution in [0.5, 0.6) is 5.75 Å². The van der Waals surface area contributed by atoms with Gasteiger partial charge in [-0.1, -0.05) is 26.3 Å². The summed E-state index contributed by atoms with van der Waals surface area (Å²) in [5.74, 6) is -1.11. The van der Waals surface area contributed by atoms with Crippen molar-refractivity contribution in [2.24, 2.45) is 5.92 Å². The summed E-state index contributed by atoms with van der Waals surface area (Å²) in [5, 5.41) is 9.13. The minimum atomic E-state index is -3.90. The van der Waals surface area contributed by atoms with Crippen LogP contribution in [0.2, 0.25) is 0 Å². The van der Waals surface area contributed by atoms with E-state index in [-0.39, 0.29) is 10.8 Å². The lowest BCUT2D eigenvalue weighted by Crippen LogP contribution is -2.44. The number of nitrogens with one attached hydrogen (secondary N) is 1. The maximum absolute atomic E-state index is 12.2. The van der Waals surface area contributed by atoms with Crippen LogP contribution in [0.3, 0.4) is 0 Å². The topological polar surface area (TPSA) is 92.7 Å². The lowest BCUT2D eigenvalue weighted by molar-refractivity contribution is -0.140. The zero-order valence-corrected chi connectivity index (χ0v) is 12.5. The van der Waals surface area contributed by atoms with Crippen LogP contribution in [0.4, 0.5) is 0 Å². The number of carboxylic acids is 1. The molecule has 20 heavy (non-hydrogen) atoms. The van der Waals surface area contributed by atoms with Crippen LogP contribution in [0.15, 0.2) is 29.2 Å². The molecule has 0 bridgehead atoms. The highest BCUT2D eigenvalue weighted by Crippen LogP contribution is 2.18. The molecule has 0 radical (unpaired) electrons. The van der Waals surface area contributed by atoms with Gasteiger partial charge in [0.05, 0.1) is 12.0 Å². The Balaban J connectivity index is 3.06. The van der Waals surface area contributed by atoms with Crippen molar-refractivity contribution in [2.75, 3.05) is 7.11 Å². The highest BCUT2D eigenvalue weighted by molar-refractivity contribution is 7.89. The third kappa shape index (κ3) is 3.94. The average Bonchev–Trinajstić information content (AvgIpc) is 2.43. The molecular weight excluding hydrogens is 282 g/mol. The van der Waals surface area contributed by atoms with E-state index in [9.17, 15) is 13.2 Å². The van der Waals surface area contributed by atoms with Crippen molar-refractivity contribution >= 4 is 16.0 Å². The first-order valence-corrected chi connectivity index (χ1v) is 7.69. The van der Waals surface area contributed by atoms with Crippen LogP contribution in [0.25, 0.3) is 0 Å². The second-order valence-electron chi connectivity index (χ2n) is 4.50. The molecule has 0 aliphatic heterocycles. The first kappa shape index (κ1) is 16.5. The maximum Gasteiger partial charge on any atom is 0.322 e. The fourth-order valence-electron chi connectivity index (χ4n) is 1.65. The lowest BCUT2D eigenvalue weighted by Gasteiger charge is -2.20. The van der Waals surface area contributed by atoms with Crippen molar-refractivity contribution in [3.63, 3.8) is 0 Å². The molecule has 0 aliphatic rings. The zero-order valence-electron chi connectivity index (χ0n) is 11.7. The van der Waals surface area contributed by atoms with Crippen LogP contribution >= 0.6 is 0 Å². The Kier molecular flexibility index (Phi) is 5.52. The molecule has 0 saturated heterocycles. The Morgan fingerprint density at radius 3 is 2.60 bits per heavy atom. The van der Waals surface area contributed by atoms with Gasteiger partial charge < -0.3 is 9.84 Å². The standard InChI is InChI=1S/C13H19NO5S/c1-4-9(2)12(13(15)16)14-20(17,18)11-7-5-6-10(8-11)19-3/h5-9,12,14H,4H2,1-3H3,(H,15,16)/t9-,12-/m0/s1. The van der Waals surface area contributed by atoms with Crippen LogP contribution in [0.1, 0.15) is 20.3 Å². The summed E-state index contributed by atoms with van der Waals surface area (Å²) < 4.78 is 31.6. The van der Waals surface area contributed by atoms with Gasteiger partial charge in [0.15, 0.2) is 0 Å². The fraction of sp³-hybridized carbons (Fsp3) is 0.462. The monoisotopic (exact) mass is 301 g/mol. The molecule has 0 aliphatic carbocycles. The molecule has 112 valence electrons. The SMILES string of the molecule is CC[C@H](C)[C@H](NS(=O)(=O)c1cccc(OC)c1)C(=O)O. The average molecular weight is 301 g/mol. The van der Waals surface area contributed by atoms with Crippen molar-refractivity contribution < 1.29 is 23.1 Å². The van der Waals surface area contributed by atoms with E-state index < -0.39 is 22.0 Å². The number of methoxy groups -OCH3 is 1. The van der Waals surface area contributed by atoms with Gasteiger partial charge in [-0.15, -0.1) is 0 Å². The van der Waals surface area contributed by atoms with E-state index in [1.54, 1.807) is 19.9 Å². The molecule has 2 N–H and O–H groups in total. The first-order valence-electron chi connectivity index (χ1n) is 6.21. The summed E-state index contributed by atoms with van der Waals surface area (Å²) >= 11 is 0. The van der Waals surface area contributed by atoms with Gasteiger partial charge in [-0.25, -0.2) is 8.42 Å². The summed E-state index contributed by atoms with van der Waals surface area (Å²) in [6.45, 7) is 3.49. The van der Waals surface area contributed by atoms with Crippen LogP contribution in [0, 0.1) is 5.92 Å². The third-order valence-corrected chi connectivity index (χ3v) is 4.55. The van der Waals surface area contributed by atoms with Crippen molar-refractivity contribution in [3.05, 3.63) is 24.3 Å². The van der Waals surface area contributed by atoms with Crippen molar-refractivity contribution in [1.29, 1.82) is 0 Å². The molecule has 1 rings (SSSR count). The quantitative estimate of drug-likeness (QED) is 0.795. The summed E-state index contributed by atoms with van der Waals surface area (Å²) in [4.78, 5) is 11.2. The van der Waals surface area contributed by atoms with Crippen molar-refractivity contribution in [1.82, 2.24) is 4.72 Å². The molecule has 1 aromatic rings. The molecular formula is C13H19NO5S. The predicted octanol–water partition coefficient (Wildman–Crippen LogP) is 1.47. The number of carbonyl (C=O) groups is 1. The van der Waals surface area contributed by atoms with Gasteiger partial charge >= 0.3 is 5.97 Å².